The molecule has 0 aliphatic carbocycles. The van der Waals surface area contributed by atoms with E-state index in [-0.39, 0.29) is 0 Å². The molecule has 0 aliphatic rings. The van der Waals surface area contributed by atoms with Crippen LogP contribution >= 0.6 is 15.9 Å². The fraction of sp³-hybridized carbons (Fsp3) is 0.182. The van der Waals surface area contributed by atoms with E-state index in [2.05, 4.69) is 26.1 Å². The van der Waals surface area contributed by atoms with Crippen molar-refractivity contribution in [2.24, 2.45) is 0 Å². The van der Waals surface area contributed by atoms with E-state index in [1.54, 1.807) is 12.4 Å². The van der Waals surface area contributed by atoms with Gasteiger partial charge < -0.3 is 5.11 Å². The zero-order valence-corrected chi connectivity index (χ0v) is 9.61. The average Bonchev–Trinajstić information content (AvgIpc) is 2.74. The van der Waals surface area contributed by atoms with Crippen LogP contribution in [0.2, 0.25) is 0 Å². The normalized spacial score (nSPS) is 12.7. The van der Waals surface area contributed by atoms with Gasteiger partial charge in [0, 0.05) is 22.7 Å². The molecule has 1 aromatic carbocycles. The van der Waals surface area contributed by atoms with E-state index in [1.807, 2.05) is 24.3 Å². The smallest absolute Gasteiger partial charge is 0.0860 e. The van der Waals surface area contributed by atoms with Crippen LogP contribution in [-0.4, -0.2) is 15.3 Å². The van der Waals surface area contributed by atoms with Crippen LogP contribution in [0, 0.1) is 0 Å². The number of nitrogens with zero attached hydrogens (tertiary/aromatic N) is 1. The maximum Gasteiger partial charge on any atom is 0.0860 e. The van der Waals surface area contributed by atoms with E-state index in [4.69, 9.17) is 0 Å². The topological polar surface area (TPSA) is 48.9 Å². The Bertz CT molecular complexity index is 411. The third kappa shape index (κ3) is 2.67. The van der Waals surface area contributed by atoms with Gasteiger partial charge in [-0.05, 0) is 17.7 Å². The van der Waals surface area contributed by atoms with Crippen molar-refractivity contribution >= 4 is 15.9 Å². The zero-order chi connectivity index (χ0) is 10.7. The highest BCUT2D eigenvalue weighted by atomic mass is 79.9. The first-order chi connectivity index (χ1) is 7.25. The molecule has 0 fully saturated rings. The highest BCUT2D eigenvalue weighted by molar-refractivity contribution is 9.10. The molecule has 2 N–H and O–H groups in total. The van der Waals surface area contributed by atoms with E-state index in [1.165, 1.54) is 0 Å². The maximum absolute atomic E-state index is 9.86. The van der Waals surface area contributed by atoms with Crippen LogP contribution in [0.4, 0.5) is 0 Å². The van der Waals surface area contributed by atoms with Crippen LogP contribution in [0.15, 0.2) is 41.1 Å². The lowest BCUT2D eigenvalue weighted by Gasteiger charge is -2.07. The van der Waals surface area contributed by atoms with Crippen molar-refractivity contribution in [1.82, 2.24) is 10.2 Å². The van der Waals surface area contributed by atoms with Crippen LogP contribution in [0.1, 0.15) is 17.2 Å². The molecule has 0 aliphatic heterocycles. The fourth-order valence-electron chi connectivity index (χ4n) is 1.40. The van der Waals surface area contributed by atoms with Gasteiger partial charge in [-0.15, -0.1) is 0 Å². The second-order valence-electron chi connectivity index (χ2n) is 3.38. The average molecular weight is 267 g/mol. The Hall–Kier alpha value is -1.13. The van der Waals surface area contributed by atoms with Crippen molar-refractivity contribution in [2.75, 3.05) is 0 Å². The first kappa shape index (κ1) is 10.4. The minimum atomic E-state index is -0.495. The number of aliphatic hydroxyl groups excluding tert-OH is 1. The Morgan fingerprint density at radius 2 is 2.07 bits per heavy atom. The molecule has 1 heterocycles. The molecule has 0 radical (unpaired) electrons. The molecule has 15 heavy (non-hydrogen) atoms. The molecule has 1 unspecified atom stereocenters. The second-order valence-corrected chi connectivity index (χ2v) is 4.29. The van der Waals surface area contributed by atoms with Crippen molar-refractivity contribution in [3.8, 4) is 0 Å². The van der Waals surface area contributed by atoms with E-state index in [0.29, 0.717) is 6.42 Å². The highest BCUT2D eigenvalue weighted by Gasteiger charge is 2.09. The number of H-pyrrole nitrogens is 1. The largest absolute Gasteiger partial charge is 0.388 e. The van der Waals surface area contributed by atoms with Gasteiger partial charge >= 0.3 is 0 Å². The molecular formula is C11H11BrN2O. The quantitative estimate of drug-likeness (QED) is 0.897. The number of halogens is 1. The van der Waals surface area contributed by atoms with Crippen LogP contribution in [-0.2, 0) is 6.42 Å². The van der Waals surface area contributed by atoms with Gasteiger partial charge in [0.2, 0.25) is 0 Å². The van der Waals surface area contributed by atoms with Crippen LogP contribution < -0.4 is 0 Å². The van der Waals surface area contributed by atoms with Gasteiger partial charge in [0.25, 0.3) is 0 Å². The summed E-state index contributed by atoms with van der Waals surface area (Å²) in [7, 11) is 0. The van der Waals surface area contributed by atoms with Crippen molar-refractivity contribution in [2.45, 2.75) is 12.5 Å². The summed E-state index contributed by atoms with van der Waals surface area (Å²) in [4.78, 5) is 0. The molecule has 78 valence electrons. The number of hydrogen-bond acceptors (Lipinski definition) is 2. The van der Waals surface area contributed by atoms with Crippen molar-refractivity contribution < 1.29 is 5.11 Å². The van der Waals surface area contributed by atoms with Gasteiger partial charge in [-0.3, -0.25) is 5.10 Å². The summed E-state index contributed by atoms with van der Waals surface area (Å²) in [5, 5.41) is 16.4. The number of aromatic nitrogens is 2. The number of hydrogen-bond donors (Lipinski definition) is 2. The highest BCUT2D eigenvalue weighted by Crippen LogP contribution is 2.18. The van der Waals surface area contributed by atoms with Crippen molar-refractivity contribution in [1.29, 1.82) is 0 Å². The second kappa shape index (κ2) is 4.59. The van der Waals surface area contributed by atoms with E-state index < -0.39 is 6.10 Å². The molecule has 2 aromatic rings. The number of benzene rings is 1. The SMILES string of the molecule is OC(Cc1ccc(Br)cc1)c1cn[nH]c1. The molecule has 1 aromatic heterocycles. The van der Waals surface area contributed by atoms with Crippen LogP contribution in [0.5, 0.6) is 0 Å². The third-order valence-electron chi connectivity index (χ3n) is 2.25. The fourth-order valence-corrected chi connectivity index (χ4v) is 1.67. The number of aliphatic hydroxyl groups is 1. The summed E-state index contributed by atoms with van der Waals surface area (Å²) in [5.41, 5.74) is 1.92. The molecule has 2 rings (SSSR count). The Labute approximate surface area is 96.3 Å². The van der Waals surface area contributed by atoms with Crippen LogP contribution in [0.3, 0.4) is 0 Å². The minimum Gasteiger partial charge on any atom is -0.388 e. The van der Waals surface area contributed by atoms with Crippen molar-refractivity contribution in [3.05, 3.63) is 52.3 Å². The van der Waals surface area contributed by atoms with Gasteiger partial charge in [0.05, 0.1) is 12.3 Å². The Morgan fingerprint density at radius 3 is 2.67 bits per heavy atom. The lowest BCUT2D eigenvalue weighted by molar-refractivity contribution is 0.178. The number of nitrogens with one attached hydrogen (secondary N) is 1. The summed E-state index contributed by atoms with van der Waals surface area (Å²) >= 11 is 3.37. The third-order valence-corrected chi connectivity index (χ3v) is 2.78. The Kier molecular flexibility index (Phi) is 3.18. The predicted octanol–water partition coefficient (Wildman–Crippen LogP) is 2.45. The molecule has 0 spiro atoms. The zero-order valence-electron chi connectivity index (χ0n) is 8.02. The predicted molar refractivity (Wildman–Crippen MR) is 61.4 cm³/mol. The number of rotatable bonds is 3. The lowest BCUT2D eigenvalue weighted by Crippen LogP contribution is -2.00. The summed E-state index contributed by atoms with van der Waals surface area (Å²) in [6, 6.07) is 7.93. The maximum atomic E-state index is 9.86. The summed E-state index contributed by atoms with van der Waals surface area (Å²) in [6.45, 7) is 0. The van der Waals surface area contributed by atoms with Gasteiger partial charge in [0.1, 0.15) is 0 Å². The van der Waals surface area contributed by atoms with E-state index >= 15 is 0 Å². The standard InChI is InChI=1S/C11H11BrN2O/c12-10-3-1-8(2-4-10)5-11(15)9-6-13-14-7-9/h1-4,6-7,11,15H,5H2,(H,13,14). The molecular weight excluding hydrogens is 256 g/mol. The van der Waals surface area contributed by atoms with Crippen LogP contribution in [0.25, 0.3) is 0 Å². The molecule has 4 heteroatoms. The van der Waals surface area contributed by atoms with Gasteiger partial charge in [-0.1, -0.05) is 28.1 Å². The summed E-state index contributed by atoms with van der Waals surface area (Å²) in [5.74, 6) is 0. The molecule has 0 amide bonds. The Balaban J connectivity index is 2.06. The molecule has 0 saturated heterocycles. The minimum absolute atomic E-state index is 0.495. The molecule has 0 saturated carbocycles. The molecule has 1 atom stereocenters. The van der Waals surface area contributed by atoms with Gasteiger partial charge in [0.15, 0.2) is 0 Å². The lowest BCUT2D eigenvalue weighted by atomic mass is 10.0. The number of aromatic amines is 1. The van der Waals surface area contributed by atoms with Gasteiger partial charge in [-0.2, -0.15) is 5.10 Å². The monoisotopic (exact) mass is 266 g/mol. The molecule has 3 nitrogen and oxygen atoms in total. The Morgan fingerprint density at radius 1 is 1.33 bits per heavy atom. The first-order valence-electron chi connectivity index (χ1n) is 4.67. The summed E-state index contributed by atoms with van der Waals surface area (Å²) in [6.07, 6.45) is 3.46. The van der Waals surface area contributed by atoms with E-state index in [9.17, 15) is 5.11 Å². The van der Waals surface area contributed by atoms with Crippen molar-refractivity contribution in [3.63, 3.8) is 0 Å². The summed E-state index contributed by atoms with van der Waals surface area (Å²) < 4.78 is 1.05. The van der Waals surface area contributed by atoms with Gasteiger partial charge in [-0.25, -0.2) is 0 Å². The first-order valence-corrected chi connectivity index (χ1v) is 5.46. The van der Waals surface area contributed by atoms with E-state index in [0.717, 1.165) is 15.6 Å². The molecule has 0 bridgehead atoms.